The summed E-state index contributed by atoms with van der Waals surface area (Å²) >= 11 is 0. The number of primary amides is 1. The second kappa shape index (κ2) is 19.1. The topological polar surface area (TPSA) is 431 Å². The lowest BCUT2D eigenvalue weighted by Gasteiger charge is -2.27. The van der Waals surface area contributed by atoms with Crippen molar-refractivity contribution in [1.82, 2.24) is 19.5 Å². The van der Waals surface area contributed by atoms with Crippen molar-refractivity contribution in [2.45, 2.75) is 61.9 Å². The molecule has 1 aromatic carbocycles. The summed E-state index contributed by atoms with van der Waals surface area (Å²) in [5, 5.41) is 50.0. The summed E-state index contributed by atoms with van der Waals surface area (Å²) in [4.78, 5) is 73.1. The Kier molecular flexibility index (Phi) is 14.1. The standard InChI is InChI=1S/C31H36N12O17P2/c32-27-22-29(37-13-36-27)42(14-38-22)31-25(47)26(59-21(44)4-1-7-35-17-6-5-16(39-40-34)9-18(17)43(49)50)20(58-31)12-56-62(53,54)60-61(51,52)55-11-19-23(45)24(46)30(57-19)41-8-2-3-15(10-41)28(33)48/h2-3,5-6,8-10,13-14,19-20,23-26,30-31,35,45-47H,1,4,7,11-12H2,(H5-,32,33,36,37,48,51,52,53,54). The second-order valence-corrected chi connectivity index (χ2v) is 16.3. The number of amides is 1. The average Bonchev–Trinajstić information content (AvgIpc) is 3.88. The number of fused-ring (bicyclic) bond motifs is 1. The lowest BCUT2D eigenvalue weighted by atomic mass is 10.1. The maximum absolute atomic E-state index is 13.0. The normalized spacial score (nSPS) is 25.4. The smallest absolute Gasteiger partial charge is 0.478 e. The molecule has 2 aliphatic heterocycles. The first-order valence-electron chi connectivity index (χ1n) is 17.9. The van der Waals surface area contributed by atoms with E-state index in [0.29, 0.717) is 0 Å². The number of anilines is 2. The SMILES string of the molecule is [N-]=[N+]=Nc1ccc(NCCCC(=O)OC2C(COP(=O)(O)OP(=O)([O-])OCC3OC([n+]4cccc(C(N)=O)c4)C(O)C3O)OC(n3cnc4c(N)ncnc43)C2O)c([N+](=O)[O-])c1. The number of ether oxygens (including phenoxy) is 3. The van der Waals surface area contributed by atoms with Gasteiger partial charge in [-0.15, -0.1) is 0 Å². The van der Waals surface area contributed by atoms with Gasteiger partial charge in [0, 0.05) is 35.7 Å². The van der Waals surface area contributed by atoms with Gasteiger partial charge in [-0.2, -0.15) is 4.57 Å². The molecule has 4 aromatic rings. The molecule has 31 heteroatoms. The Morgan fingerprint density at radius 3 is 2.58 bits per heavy atom. The molecule has 332 valence electrons. The minimum absolute atomic E-state index is 0.000685. The molecule has 10 atom stereocenters. The summed E-state index contributed by atoms with van der Waals surface area (Å²) in [6.07, 6.45) is -8.26. The Balaban J connectivity index is 1.08. The predicted molar refractivity (Wildman–Crippen MR) is 201 cm³/mol. The number of rotatable bonds is 19. The number of nitro groups is 1. The van der Waals surface area contributed by atoms with E-state index in [-0.39, 0.29) is 53.3 Å². The summed E-state index contributed by atoms with van der Waals surface area (Å²) in [5.41, 5.74) is 19.6. The van der Waals surface area contributed by atoms with Crippen LogP contribution in [0.25, 0.3) is 21.6 Å². The second-order valence-electron chi connectivity index (χ2n) is 13.3. The third-order valence-electron chi connectivity index (χ3n) is 9.19. The number of nitrogens with one attached hydrogen (secondary N) is 1. The van der Waals surface area contributed by atoms with Gasteiger partial charge < -0.3 is 60.6 Å². The number of pyridine rings is 1. The average molecular weight is 911 g/mol. The Labute approximate surface area is 346 Å². The Morgan fingerprint density at radius 2 is 1.85 bits per heavy atom. The molecule has 62 heavy (non-hydrogen) atoms. The van der Waals surface area contributed by atoms with Crippen molar-refractivity contribution >= 4 is 61.6 Å². The molecule has 9 N–H and O–H groups in total. The van der Waals surface area contributed by atoms with Crippen LogP contribution < -0.4 is 26.2 Å². The first-order chi connectivity index (χ1) is 29.4. The minimum atomic E-state index is -5.78. The minimum Gasteiger partial charge on any atom is -0.756 e. The fourth-order valence-electron chi connectivity index (χ4n) is 6.30. The van der Waals surface area contributed by atoms with Gasteiger partial charge in [-0.25, -0.2) is 23.8 Å². The molecule has 10 unspecified atom stereocenters. The fourth-order valence-corrected chi connectivity index (χ4v) is 8.36. The Morgan fingerprint density at radius 1 is 1.10 bits per heavy atom. The lowest BCUT2D eigenvalue weighted by Crippen LogP contribution is -2.46. The molecule has 1 amide bonds. The van der Waals surface area contributed by atoms with E-state index in [1.165, 1.54) is 52.1 Å². The van der Waals surface area contributed by atoms with Crippen molar-refractivity contribution in [2.24, 2.45) is 10.8 Å². The van der Waals surface area contributed by atoms with Gasteiger partial charge in [0.2, 0.25) is 0 Å². The highest BCUT2D eigenvalue weighted by molar-refractivity contribution is 7.60. The van der Waals surface area contributed by atoms with Gasteiger partial charge in [0.25, 0.3) is 25.6 Å². The lowest BCUT2D eigenvalue weighted by molar-refractivity contribution is -0.765. The van der Waals surface area contributed by atoms with Crippen LogP contribution in [0.15, 0.2) is 60.5 Å². The maximum Gasteiger partial charge on any atom is 0.478 e. The van der Waals surface area contributed by atoms with Gasteiger partial charge in [0.05, 0.1) is 24.5 Å². The van der Waals surface area contributed by atoms with Gasteiger partial charge >= 0.3 is 13.8 Å². The van der Waals surface area contributed by atoms with Crippen LogP contribution >= 0.6 is 15.6 Å². The molecule has 2 fully saturated rings. The highest BCUT2D eigenvalue weighted by Gasteiger charge is 2.50. The molecule has 0 aliphatic carbocycles. The zero-order valence-electron chi connectivity index (χ0n) is 31.5. The number of nitrogen functional groups attached to an aromatic ring is 1. The summed E-state index contributed by atoms with van der Waals surface area (Å²) in [5.74, 6) is -1.78. The molecule has 0 saturated carbocycles. The molecule has 0 spiro atoms. The number of phosphoric acid groups is 2. The first kappa shape index (κ1) is 45.7. The zero-order chi connectivity index (χ0) is 44.9. The fraction of sp³-hybridized carbons (Fsp3) is 0.419. The van der Waals surface area contributed by atoms with E-state index in [9.17, 15) is 53.9 Å². The van der Waals surface area contributed by atoms with Crippen LogP contribution in [0.1, 0.15) is 35.7 Å². The summed E-state index contributed by atoms with van der Waals surface area (Å²) < 4.78 is 58.7. The molecule has 0 radical (unpaired) electrons. The van der Waals surface area contributed by atoms with Gasteiger partial charge in [-0.3, -0.25) is 33.4 Å². The van der Waals surface area contributed by atoms with Crippen LogP contribution in [0.4, 0.5) is 22.9 Å². The molecule has 6 rings (SSSR count). The number of hydrogen-bond acceptors (Lipinski definition) is 22. The van der Waals surface area contributed by atoms with Crippen LogP contribution in [0.2, 0.25) is 0 Å². The number of nitro benzene ring substituents is 1. The molecule has 29 nitrogen and oxygen atoms in total. The van der Waals surface area contributed by atoms with E-state index in [4.69, 9.17) is 35.7 Å². The molecule has 5 heterocycles. The number of nitrogens with zero attached hydrogens (tertiary/aromatic N) is 9. The number of azide groups is 1. The van der Waals surface area contributed by atoms with Crippen molar-refractivity contribution in [3.05, 3.63) is 81.5 Å². The summed E-state index contributed by atoms with van der Waals surface area (Å²) in [6, 6.07) is 6.46. The van der Waals surface area contributed by atoms with Gasteiger partial charge in [-0.05, 0) is 24.1 Å². The molecule has 2 saturated heterocycles. The molecule has 0 bridgehead atoms. The largest absolute Gasteiger partial charge is 0.756 e. The van der Waals surface area contributed by atoms with Crippen LogP contribution in [-0.4, -0.2) is 113 Å². The van der Waals surface area contributed by atoms with Crippen molar-refractivity contribution in [3.63, 3.8) is 0 Å². The van der Waals surface area contributed by atoms with Crippen molar-refractivity contribution in [3.8, 4) is 0 Å². The molecular weight excluding hydrogens is 874 g/mol. The van der Waals surface area contributed by atoms with Crippen molar-refractivity contribution in [2.75, 3.05) is 30.8 Å². The third-order valence-corrected chi connectivity index (χ3v) is 11.8. The van der Waals surface area contributed by atoms with Crippen LogP contribution in [-0.2, 0) is 41.5 Å². The number of carbonyl (C=O) groups excluding carboxylic acids is 2. The number of aromatic nitrogens is 5. The van der Waals surface area contributed by atoms with Crippen LogP contribution in [0.3, 0.4) is 0 Å². The predicted octanol–water partition coefficient (Wildman–Crippen LogP) is -0.355. The van der Waals surface area contributed by atoms with E-state index in [1.54, 1.807) is 0 Å². The molecular formula is C31H36N12O17P2. The number of imidazole rings is 1. The number of esters is 1. The summed E-state index contributed by atoms with van der Waals surface area (Å²) in [7, 11) is -11.4. The van der Waals surface area contributed by atoms with E-state index >= 15 is 0 Å². The number of aliphatic hydroxyl groups excluding tert-OH is 3. The quantitative estimate of drug-likeness (QED) is 0.00727. The van der Waals surface area contributed by atoms with Crippen molar-refractivity contribution in [1.29, 1.82) is 0 Å². The highest BCUT2D eigenvalue weighted by atomic mass is 31.3. The monoisotopic (exact) mass is 910 g/mol. The highest BCUT2D eigenvalue weighted by Crippen LogP contribution is 2.58. The molecule has 3 aromatic heterocycles. The van der Waals surface area contributed by atoms with E-state index in [1.807, 2.05) is 0 Å². The number of aliphatic hydroxyl groups is 3. The van der Waals surface area contributed by atoms with E-state index in [0.717, 1.165) is 12.4 Å². The number of phosphoric ester groups is 2. The van der Waals surface area contributed by atoms with Gasteiger partial charge in [-0.1, -0.05) is 11.2 Å². The Bertz CT molecular complexity index is 2480. The Hall–Kier alpha value is -5.77. The van der Waals surface area contributed by atoms with Crippen molar-refractivity contribution < 1.29 is 80.9 Å². The summed E-state index contributed by atoms with van der Waals surface area (Å²) in [6.45, 7) is -2.09. The van der Waals surface area contributed by atoms with E-state index in [2.05, 4.69) is 39.1 Å². The van der Waals surface area contributed by atoms with Crippen LogP contribution in [0, 0.1) is 10.1 Å². The number of carbonyl (C=O) groups is 2. The number of benzene rings is 1. The zero-order valence-corrected chi connectivity index (χ0v) is 33.3. The number of nitrogens with two attached hydrogens (primary N) is 2. The van der Waals surface area contributed by atoms with Crippen LogP contribution in [0.5, 0.6) is 0 Å². The maximum atomic E-state index is 13.0. The third kappa shape index (κ3) is 10.6. The molecule has 2 aliphatic rings. The van der Waals surface area contributed by atoms with E-state index < -0.39 is 100 Å². The first-order valence-corrected chi connectivity index (χ1v) is 20.8. The van der Waals surface area contributed by atoms with Gasteiger partial charge in [0.15, 0.2) is 42.3 Å². The number of hydrogen-bond donors (Lipinski definition) is 7. The van der Waals surface area contributed by atoms with Gasteiger partial charge in [0.1, 0.15) is 47.5 Å².